The largest absolute Gasteiger partial charge is 0.270 e. The molecule has 0 fully saturated rings. The molecule has 0 aliphatic rings. The fraction of sp³-hybridized carbons (Fsp3) is 0.0690. The Hall–Kier alpha value is -4.91. The van der Waals surface area contributed by atoms with Crippen molar-refractivity contribution < 1.29 is 0 Å². The molecule has 0 radical (unpaired) electrons. The number of nitrogens with zero attached hydrogens (tertiary/aromatic N) is 7. The molecule has 3 aromatic carbocycles. The molecule has 36 heavy (non-hydrogen) atoms. The maximum absolute atomic E-state index is 4.82. The zero-order chi connectivity index (χ0) is 24.7. The van der Waals surface area contributed by atoms with Crippen LogP contribution in [0.3, 0.4) is 0 Å². The second-order valence-corrected chi connectivity index (χ2v) is 7.83. The number of rotatable bonds is 5. The molecule has 0 bridgehead atoms. The maximum atomic E-state index is 4.82. The van der Waals surface area contributed by atoms with Gasteiger partial charge >= 0.3 is 0 Å². The number of hydrogen-bond donors (Lipinski definition) is 0. The van der Waals surface area contributed by atoms with E-state index < -0.39 is 0 Å². The van der Waals surface area contributed by atoms with Crippen LogP contribution in [0, 0.1) is 0 Å². The molecule has 0 spiro atoms. The molecule has 0 unspecified atom stereocenters. The van der Waals surface area contributed by atoms with Crippen LogP contribution in [0.15, 0.2) is 107 Å². The number of benzene rings is 3. The van der Waals surface area contributed by atoms with Gasteiger partial charge in [-0.25, -0.2) is 29.9 Å². The first-order valence-corrected chi connectivity index (χ1v) is 11.5. The van der Waals surface area contributed by atoms with Crippen LogP contribution in [0.5, 0.6) is 0 Å². The van der Waals surface area contributed by atoms with Gasteiger partial charge in [-0.2, -0.15) is 0 Å². The Kier molecular flexibility index (Phi) is 6.71. The van der Waals surface area contributed by atoms with Gasteiger partial charge in [0.05, 0.1) is 0 Å². The molecule has 0 amide bonds. The van der Waals surface area contributed by atoms with E-state index in [1.807, 2.05) is 85.8 Å². The fourth-order valence-electron chi connectivity index (χ4n) is 3.72. The van der Waals surface area contributed by atoms with Crippen molar-refractivity contribution in [3.63, 3.8) is 0 Å². The van der Waals surface area contributed by atoms with E-state index in [0.29, 0.717) is 29.1 Å². The normalized spacial score (nSPS) is 11.7. The summed E-state index contributed by atoms with van der Waals surface area (Å²) in [7, 11) is 1.73. The van der Waals surface area contributed by atoms with Crippen LogP contribution in [0.25, 0.3) is 45.6 Å². The highest BCUT2D eigenvalue weighted by molar-refractivity contribution is 6.02. The topological polar surface area (TPSA) is 89.2 Å². The summed E-state index contributed by atoms with van der Waals surface area (Å²) in [6.45, 7) is 1.87. The van der Waals surface area contributed by atoms with Gasteiger partial charge in [-0.05, 0) is 13.0 Å². The average molecular weight is 470 g/mol. The first-order chi connectivity index (χ1) is 17.7. The van der Waals surface area contributed by atoms with Crippen LogP contribution >= 0.6 is 0 Å². The first-order valence-electron chi connectivity index (χ1n) is 11.5. The molecule has 7 nitrogen and oxygen atoms in total. The average Bonchev–Trinajstić information content (AvgIpc) is 2.97. The third kappa shape index (κ3) is 4.95. The second-order valence-electron chi connectivity index (χ2n) is 7.83. The van der Waals surface area contributed by atoms with Gasteiger partial charge in [0.1, 0.15) is 0 Å². The first kappa shape index (κ1) is 22.9. The summed E-state index contributed by atoms with van der Waals surface area (Å²) in [5.74, 6) is 3.15. The van der Waals surface area contributed by atoms with E-state index in [1.54, 1.807) is 31.7 Å². The molecule has 2 heterocycles. The smallest absolute Gasteiger partial charge is 0.164 e. The van der Waals surface area contributed by atoms with Crippen LogP contribution in [-0.4, -0.2) is 44.0 Å². The molecule has 0 saturated heterocycles. The Morgan fingerprint density at radius 2 is 1.06 bits per heavy atom. The zero-order valence-electron chi connectivity index (χ0n) is 19.9. The van der Waals surface area contributed by atoms with Gasteiger partial charge in [0.25, 0.3) is 0 Å². The minimum absolute atomic E-state index is 0.592. The molecule has 0 aliphatic heterocycles. The summed E-state index contributed by atoms with van der Waals surface area (Å²) < 4.78 is 0. The van der Waals surface area contributed by atoms with E-state index in [-0.39, 0.29) is 0 Å². The van der Waals surface area contributed by atoms with Crippen molar-refractivity contribution in [1.82, 2.24) is 24.9 Å². The van der Waals surface area contributed by atoms with Crippen LogP contribution in [0.2, 0.25) is 0 Å². The highest BCUT2D eigenvalue weighted by atomic mass is 15.0. The molecule has 7 heteroatoms. The van der Waals surface area contributed by atoms with Crippen molar-refractivity contribution in [2.45, 2.75) is 6.92 Å². The second kappa shape index (κ2) is 10.6. The van der Waals surface area contributed by atoms with Gasteiger partial charge in [-0.1, -0.05) is 78.9 Å². The Balaban J connectivity index is 1.57. The van der Waals surface area contributed by atoms with Gasteiger partial charge in [-0.15, -0.1) is 0 Å². The minimum Gasteiger partial charge on any atom is -0.270 e. The molecule has 2 aromatic heterocycles. The molecular weight excluding hydrogens is 446 g/mol. The van der Waals surface area contributed by atoms with Gasteiger partial charge in [0.2, 0.25) is 0 Å². The predicted octanol–water partition coefficient (Wildman–Crippen LogP) is 5.80. The van der Waals surface area contributed by atoms with Crippen LogP contribution in [0.4, 0.5) is 0 Å². The standard InChI is InChI=1S/C29H23N7/c1-3-31-25(30-2)21-10-14-23(15-11-21)28-34-27(20-8-5-4-6-9-20)35-29(36-28)24-16-12-22(13-17-24)26-32-18-7-19-33-26/h3-19H,1-2H3. The third-order valence-corrected chi connectivity index (χ3v) is 5.50. The number of amidine groups is 1. The lowest BCUT2D eigenvalue weighted by atomic mass is 10.1. The fourth-order valence-corrected chi connectivity index (χ4v) is 3.72. The monoisotopic (exact) mass is 469 g/mol. The van der Waals surface area contributed by atoms with Crippen molar-refractivity contribution in [1.29, 1.82) is 0 Å². The summed E-state index contributed by atoms with van der Waals surface area (Å²) in [6, 6.07) is 27.5. The molecule has 0 N–H and O–H groups in total. The van der Waals surface area contributed by atoms with E-state index in [1.165, 1.54) is 0 Å². The molecule has 5 rings (SSSR count). The summed E-state index contributed by atoms with van der Waals surface area (Å²) in [4.78, 5) is 31.6. The van der Waals surface area contributed by atoms with Crippen molar-refractivity contribution in [2.75, 3.05) is 7.05 Å². The lowest BCUT2D eigenvalue weighted by Crippen LogP contribution is -2.01. The van der Waals surface area contributed by atoms with Crippen LogP contribution < -0.4 is 0 Å². The number of aliphatic imine (C=N–C) groups is 2. The highest BCUT2D eigenvalue weighted by Crippen LogP contribution is 2.26. The zero-order valence-corrected chi connectivity index (χ0v) is 19.9. The van der Waals surface area contributed by atoms with E-state index >= 15 is 0 Å². The Bertz CT molecular complexity index is 1510. The summed E-state index contributed by atoms with van der Waals surface area (Å²) in [5.41, 5.74) is 4.53. The van der Waals surface area contributed by atoms with Crippen molar-refractivity contribution in [3.05, 3.63) is 103 Å². The SMILES string of the molecule is CC=NC(=NC)c1ccc(-c2nc(-c3ccccc3)nc(-c3ccc(-c4ncccn4)cc3)n2)cc1. The quantitative estimate of drug-likeness (QED) is 0.240. The Morgan fingerprint density at radius 3 is 1.56 bits per heavy atom. The lowest BCUT2D eigenvalue weighted by molar-refractivity contribution is 1.07. The van der Waals surface area contributed by atoms with Crippen LogP contribution in [-0.2, 0) is 0 Å². The van der Waals surface area contributed by atoms with Gasteiger partial charge in [0.15, 0.2) is 29.1 Å². The summed E-state index contributed by atoms with van der Waals surface area (Å²) in [6.07, 6.45) is 5.20. The van der Waals surface area contributed by atoms with Crippen molar-refractivity contribution in [2.24, 2.45) is 9.98 Å². The third-order valence-electron chi connectivity index (χ3n) is 5.50. The molecule has 5 aromatic rings. The molecular formula is C29H23N7. The number of hydrogen-bond acceptors (Lipinski definition) is 6. The van der Waals surface area contributed by atoms with E-state index in [4.69, 9.17) is 15.0 Å². The Labute approximate surface area is 209 Å². The lowest BCUT2D eigenvalue weighted by Gasteiger charge is -2.09. The van der Waals surface area contributed by atoms with Gasteiger partial charge in [0, 0.05) is 53.5 Å². The highest BCUT2D eigenvalue weighted by Gasteiger charge is 2.13. The molecule has 0 aliphatic carbocycles. The van der Waals surface area contributed by atoms with Crippen molar-refractivity contribution in [3.8, 4) is 45.6 Å². The predicted molar refractivity (Wildman–Crippen MR) is 144 cm³/mol. The van der Waals surface area contributed by atoms with E-state index in [9.17, 15) is 0 Å². The van der Waals surface area contributed by atoms with Crippen molar-refractivity contribution >= 4 is 12.1 Å². The van der Waals surface area contributed by atoms with Gasteiger partial charge < -0.3 is 0 Å². The van der Waals surface area contributed by atoms with E-state index in [2.05, 4.69) is 20.0 Å². The summed E-state index contributed by atoms with van der Waals surface area (Å²) >= 11 is 0. The molecule has 0 saturated carbocycles. The Morgan fingerprint density at radius 1 is 0.583 bits per heavy atom. The molecule has 174 valence electrons. The number of aromatic nitrogens is 5. The van der Waals surface area contributed by atoms with Crippen LogP contribution in [0.1, 0.15) is 12.5 Å². The summed E-state index contributed by atoms with van der Waals surface area (Å²) in [5, 5.41) is 0. The molecule has 0 atom stereocenters. The maximum Gasteiger partial charge on any atom is 0.164 e. The minimum atomic E-state index is 0.592. The van der Waals surface area contributed by atoms with E-state index in [0.717, 1.165) is 27.8 Å². The van der Waals surface area contributed by atoms with Gasteiger partial charge in [-0.3, -0.25) is 4.99 Å².